The summed E-state index contributed by atoms with van der Waals surface area (Å²) in [5.74, 6) is 0.478. The normalized spacial score (nSPS) is 13.2. The van der Waals surface area contributed by atoms with Crippen molar-refractivity contribution in [1.82, 2.24) is 9.97 Å². The Hall–Kier alpha value is -1.68. The molecule has 1 unspecified atom stereocenters. The summed E-state index contributed by atoms with van der Waals surface area (Å²) in [6, 6.07) is 5.33. The van der Waals surface area contributed by atoms with Crippen molar-refractivity contribution in [2.75, 3.05) is 0 Å². The zero-order valence-corrected chi connectivity index (χ0v) is 10.2. The van der Waals surface area contributed by atoms with Gasteiger partial charge >= 0.3 is 0 Å². The average molecular weight is 232 g/mol. The second-order valence-corrected chi connectivity index (χ2v) is 4.56. The van der Waals surface area contributed by atoms with Crippen LogP contribution in [0.3, 0.4) is 0 Å². The van der Waals surface area contributed by atoms with Gasteiger partial charge < -0.3 is 10.1 Å². The molecular weight excluding hydrogens is 216 g/mol. The number of nitrogens with one attached hydrogen (secondary N) is 1. The number of aromatic amines is 1. The Morgan fingerprint density at radius 2 is 2.12 bits per heavy atom. The van der Waals surface area contributed by atoms with E-state index >= 15 is 0 Å². The van der Waals surface area contributed by atoms with Crippen molar-refractivity contribution >= 4 is 16.8 Å². The van der Waals surface area contributed by atoms with Crippen molar-refractivity contribution in [3.63, 3.8) is 0 Å². The number of hydrogen-bond acceptors (Lipinski definition) is 3. The standard InChI is InChI=1S/C13H16N2O2/c1-7(2)12(16)13(17)9-4-5-10-11(6-9)15-8(3)14-10/h4-7,13,17H,1-3H3,(H,14,15). The summed E-state index contributed by atoms with van der Waals surface area (Å²) in [7, 11) is 0. The van der Waals surface area contributed by atoms with Crippen LogP contribution < -0.4 is 0 Å². The third-order valence-corrected chi connectivity index (χ3v) is 2.78. The van der Waals surface area contributed by atoms with Crippen LogP contribution >= 0.6 is 0 Å². The van der Waals surface area contributed by atoms with Crippen LogP contribution in [0.25, 0.3) is 11.0 Å². The van der Waals surface area contributed by atoms with Gasteiger partial charge in [0.1, 0.15) is 11.9 Å². The summed E-state index contributed by atoms with van der Waals surface area (Å²) in [5.41, 5.74) is 2.30. The predicted molar refractivity (Wildman–Crippen MR) is 65.6 cm³/mol. The average Bonchev–Trinajstić information content (AvgIpc) is 2.65. The number of imidazole rings is 1. The lowest BCUT2D eigenvalue weighted by molar-refractivity contribution is -0.130. The number of fused-ring (bicyclic) bond motifs is 1. The fraction of sp³-hybridized carbons (Fsp3) is 0.385. The first-order valence-electron chi connectivity index (χ1n) is 5.67. The number of benzene rings is 1. The number of Topliss-reactive ketones (excluding diaryl/α,β-unsaturated/α-hetero) is 1. The second kappa shape index (κ2) is 4.30. The van der Waals surface area contributed by atoms with Gasteiger partial charge in [0.05, 0.1) is 11.0 Å². The number of H-pyrrole nitrogens is 1. The lowest BCUT2D eigenvalue weighted by Gasteiger charge is -2.12. The Labute approximate surface area is 99.7 Å². The minimum absolute atomic E-state index is 0.166. The molecule has 0 bridgehead atoms. The highest BCUT2D eigenvalue weighted by molar-refractivity contribution is 5.87. The summed E-state index contributed by atoms with van der Waals surface area (Å²) in [4.78, 5) is 19.1. The number of hydrogen-bond donors (Lipinski definition) is 2. The molecule has 4 nitrogen and oxygen atoms in total. The molecule has 0 aliphatic rings. The molecule has 1 aromatic carbocycles. The minimum atomic E-state index is -1.05. The molecule has 17 heavy (non-hydrogen) atoms. The summed E-state index contributed by atoms with van der Waals surface area (Å²) in [6.07, 6.45) is -1.05. The van der Waals surface area contributed by atoms with Crippen molar-refractivity contribution in [3.05, 3.63) is 29.6 Å². The van der Waals surface area contributed by atoms with Gasteiger partial charge in [-0.05, 0) is 24.6 Å². The largest absolute Gasteiger partial charge is 0.381 e. The number of carbonyl (C=O) groups is 1. The maximum absolute atomic E-state index is 11.7. The van der Waals surface area contributed by atoms with Gasteiger partial charge in [-0.1, -0.05) is 19.9 Å². The van der Waals surface area contributed by atoms with Crippen molar-refractivity contribution in [3.8, 4) is 0 Å². The van der Waals surface area contributed by atoms with Crippen LogP contribution in [-0.2, 0) is 4.79 Å². The zero-order chi connectivity index (χ0) is 12.6. The Kier molecular flexibility index (Phi) is 2.98. The first-order valence-corrected chi connectivity index (χ1v) is 5.67. The quantitative estimate of drug-likeness (QED) is 0.852. The maximum Gasteiger partial charge on any atom is 0.168 e. The molecule has 2 N–H and O–H groups in total. The van der Waals surface area contributed by atoms with Crippen LogP contribution in [0.4, 0.5) is 0 Å². The fourth-order valence-corrected chi connectivity index (χ4v) is 1.80. The smallest absolute Gasteiger partial charge is 0.168 e. The maximum atomic E-state index is 11.7. The lowest BCUT2D eigenvalue weighted by atomic mass is 9.98. The molecule has 0 saturated heterocycles. The molecular formula is C13H16N2O2. The summed E-state index contributed by atoms with van der Waals surface area (Å²) in [6.45, 7) is 5.43. The molecule has 0 fully saturated rings. The van der Waals surface area contributed by atoms with E-state index in [0.29, 0.717) is 5.56 Å². The van der Waals surface area contributed by atoms with E-state index in [1.54, 1.807) is 26.0 Å². The van der Waals surface area contributed by atoms with E-state index in [1.807, 2.05) is 13.0 Å². The SMILES string of the molecule is Cc1nc2ccc(C(O)C(=O)C(C)C)cc2[nH]1. The van der Waals surface area contributed by atoms with E-state index < -0.39 is 6.10 Å². The Bertz CT molecular complexity index is 558. The Balaban J connectivity index is 2.38. The number of aliphatic hydroxyl groups is 1. The molecule has 0 aliphatic carbocycles. The first-order chi connectivity index (χ1) is 7.99. The molecule has 4 heteroatoms. The molecule has 0 saturated carbocycles. The summed E-state index contributed by atoms with van der Waals surface area (Å²) < 4.78 is 0. The number of carbonyl (C=O) groups excluding carboxylic acids is 1. The van der Waals surface area contributed by atoms with E-state index in [2.05, 4.69) is 9.97 Å². The van der Waals surface area contributed by atoms with Crippen LogP contribution in [0.1, 0.15) is 31.3 Å². The van der Waals surface area contributed by atoms with Gasteiger partial charge in [-0.15, -0.1) is 0 Å². The van der Waals surface area contributed by atoms with Gasteiger partial charge in [0, 0.05) is 5.92 Å². The molecule has 90 valence electrons. The van der Waals surface area contributed by atoms with Crippen LogP contribution in [0, 0.1) is 12.8 Å². The number of ketones is 1. The van der Waals surface area contributed by atoms with E-state index in [1.165, 1.54) is 0 Å². The molecule has 0 amide bonds. The highest BCUT2D eigenvalue weighted by Gasteiger charge is 2.20. The predicted octanol–water partition coefficient (Wildman–Crippen LogP) is 2.13. The number of aryl methyl sites for hydroxylation is 1. The van der Waals surface area contributed by atoms with Gasteiger partial charge in [0.2, 0.25) is 0 Å². The number of aromatic nitrogens is 2. The third-order valence-electron chi connectivity index (χ3n) is 2.78. The number of nitrogens with zero attached hydrogens (tertiary/aromatic N) is 1. The van der Waals surface area contributed by atoms with Crippen LogP contribution in [0.5, 0.6) is 0 Å². The van der Waals surface area contributed by atoms with Gasteiger partial charge in [-0.3, -0.25) is 4.79 Å². The topological polar surface area (TPSA) is 66.0 Å². The number of aliphatic hydroxyl groups excluding tert-OH is 1. The summed E-state index contributed by atoms with van der Waals surface area (Å²) in [5, 5.41) is 9.94. The molecule has 0 aliphatic heterocycles. The monoisotopic (exact) mass is 232 g/mol. The van der Waals surface area contributed by atoms with E-state index in [0.717, 1.165) is 16.9 Å². The molecule has 0 radical (unpaired) electrons. The molecule has 1 atom stereocenters. The van der Waals surface area contributed by atoms with Crippen LogP contribution in [0.15, 0.2) is 18.2 Å². The molecule has 1 heterocycles. The lowest BCUT2D eigenvalue weighted by Crippen LogP contribution is -2.17. The molecule has 0 spiro atoms. The van der Waals surface area contributed by atoms with Gasteiger partial charge in [-0.25, -0.2) is 4.98 Å². The van der Waals surface area contributed by atoms with Gasteiger partial charge in [0.15, 0.2) is 5.78 Å². The number of rotatable bonds is 3. The van der Waals surface area contributed by atoms with E-state index in [4.69, 9.17) is 0 Å². The Morgan fingerprint density at radius 3 is 2.76 bits per heavy atom. The third kappa shape index (κ3) is 2.22. The molecule has 1 aromatic heterocycles. The highest BCUT2D eigenvalue weighted by atomic mass is 16.3. The highest BCUT2D eigenvalue weighted by Crippen LogP contribution is 2.21. The van der Waals surface area contributed by atoms with E-state index in [-0.39, 0.29) is 11.7 Å². The zero-order valence-electron chi connectivity index (χ0n) is 10.2. The van der Waals surface area contributed by atoms with E-state index in [9.17, 15) is 9.90 Å². The van der Waals surface area contributed by atoms with Crippen molar-refractivity contribution < 1.29 is 9.90 Å². The summed E-state index contributed by atoms with van der Waals surface area (Å²) >= 11 is 0. The Morgan fingerprint density at radius 1 is 1.41 bits per heavy atom. The first kappa shape index (κ1) is 11.8. The van der Waals surface area contributed by atoms with Crippen LogP contribution in [0.2, 0.25) is 0 Å². The van der Waals surface area contributed by atoms with Gasteiger partial charge in [0.25, 0.3) is 0 Å². The van der Waals surface area contributed by atoms with Gasteiger partial charge in [-0.2, -0.15) is 0 Å². The minimum Gasteiger partial charge on any atom is -0.381 e. The van der Waals surface area contributed by atoms with Crippen LogP contribution in [-0.4, -0.2) is 20.9 Å². The fourth-order valence-electron chi connectivity index (χ4n) is 1.80. The molecule has 2 rings (SSSR count). The van der Waals surface area contributed by atoms with Crippen molar-refractivity contribution in [1.29, 1.82) is 0 Å². The van der Waals surface area contributed by atoms with Crippen molar-refractivity contribution in [2.24, 2.45) is 5.92 Å². The van der Waals surface area contributed by atoms with Crippen molar-refractivity contribution in [2.45, 2.75) is 26.9 Å². The second-order valence-electron chi connectivity index (χ2n) is 4.56. The molecule has 2 aromatic rings.